The Bertz CT molecular complexity index is 789. The van der Waals surface area contributed by atoms with Crippen LogP contribution in [0.5, 0.6) is 0 Å². The normalized spacial score (nSPS) is 11.5. The number of hydrogen-bond acceptors (Lipinski definition) is 2. The van der Waals surface area contributed by atoms with Crippen LogP contribution < -0.4 is 5.32 Å². The third-order valence-electron chi connectivity index (χ3n) is 4.12. The van der Waals surface area contributed by atoms with Gasteiger partial charge in [-0.3, -0.25) is 9.59 Å². The monoisotopic (exact) mass is 404 g/mol. The molecule has 1 atom stereocenters. The predicted molar refractivity (Wildman–Crippen MR) is 110 cm³/mol. The van der Waals surface area contributed by atoms with Crippen LogP contribution in [-0.2, 0) is 22.6 Å². The van der Waals surface area contributed by atoms with Crippen LogP contribution in [0.15, 0.2) is 61.2 Å². The molecule has 0 aliphatic rings. The summed E-state index contributed by atoms with van der Waals surface area (Å²) in [5.41, 5.74) is 1.73. The van der Waals surface area contributed by atoms with Crippen molar-refractivity contribution < 1.29 is 9.59 Å². The molecule has 0 aliphatic carbocycles. The van der Waals surface area contributed by atoms with E-state index < -0.39 is 6.04 Å². The smallest absolute Gasteiger partial charge is 0.242 e. The molecule has 2 amide bonds. The Morgan fingerprint density at radius 3 is 2.07 bits per heavy atom. The van der Waals surface area contributed by atoms with E-state index in [-0.39, 0.29) is 18.2 Å². The number of nitrogens with one attached hydrogen (secondary N) is 1. The standard InChI is InChI=1S/C21H22Cl2N2O2/c1-3-12-24-21(27)15(2)25(14-17-6-10-19(23)11-7-17)20(26)13-16-4-8-18(22)9-5-16/h3-11,15H,1,12-14H2,2H3,(H,24,27)/t15-/m1/s1. The summed E-state index contributed by atoms with van der Waals surface area (Å²) in [6.07, 6.45) is 1.79. The number of amides is 2. The molecule has 2 rings (SSSR count). The van der Waals surface area contributed by atoms with Gasteiger partial charge in [-0.2, -0.15) is 0 Å². The van der Waals surface area contributed by atoms with Crippen LogP contribution in [-0.4, -0.2) is 29.3 Å². The molecule has 2 aromatic rings. The van der Waals surface area contributed by atoms with Gasteiger partial charge < -0.3 is 10.2 Å². The van der Waals surface area contributed by atoms with Gasteiger partial charge in [-0.1, -0.05) is 53.5 Å². The fourth-order valence-electron chi connectivity index (χ4n) is 2.57. The fourth-order valence-corrected chi connectivity index (χ4v) is 2.82. The number of nitrogens with zero attached hydrogens (tertiary/aromatic N) is 1. The average Bonchev–Trinajstić information content (AvgIpc) is 2.66. The minimum atomic E-state index is -0.625. The molecule has 0 radical (unpaired) electrons. The van der Waals surface area contributed by atoms with Gasteiger partial charge in [0.05, 0.1) is 6.42 Å². The third-order valence-corrected chi connectivity index (χ3v) is 4.63. The largest absolute Gasteiger partial charge is 0.351 e. The van der Waals surface area contributed by atoms with E-state index in [1.165, 1.54) is 0 Å². The summed E-state index contributed by atoms with van der Waals surface area (Å²) in [4.78, 5) is 26.9. The van der Waals surface area contributed by atoms with Gasteiger partial charge in [-0.25, -0.2) is 0 Å². The third kappa shape index (κ3) is 6.42. The SMILES string of the molecule is C=CCNC(=O)[C@@H](C)N(Cc1ccc(Cl)cc1)C(=O)Cc1ccc(Cl)cc1. The molecule has 2 aromatic carbocycles. The first-order valence-electron chi connectivity index (χ1n) is 8.57. The summed E-state index contributed by atoms with van der Waals surface area (Å²) in [5.74, 6) is -0.373. The van der Waals surface area contributed by atoms with Crippen LogP contribution in [0.25, 0.3) is 0 Å². The van der Waals surface area contributed by atoms with Gasteiger partial charge in [0.15, 0.2) is 0 Å². The zero-order valence-corrected chi connectivity index (χ0v) is 16.6. The Balaban J connectivity index is 2.19. The first kappa shape index (κ1) is 21.0. The number of rotatable bonds is 8. The van der Waals surface area contributed by atoms with E-state index in [1.807, 2.05) is 24.3 Å². The van der Waals surface area contributed by atoms with E-state index in [0.29, 0.717) is 23.1 Å². The molecular weight excluding hydrogens is 383 g/mol. The Kier molecular flexibility index (Phi) is 7.89. The van der Waals surface area contributed by atoms with E-state index in [0.717, 1.165) is 11.1 Å². The minimum Gasteiger partial charge on any atom is -0.351 e. The topological polar surface area (TPSA) is 49.4 Å². The van der Waals surface area contributed by atoms with Crippen LogP contribution >= 0.6 is 23.2 Å². The summed E-state index contributed by atoms with van der Waals surface area (Å²) < 4.78 is 0. The lowest BCUT2D eigenvalue weighted by Crippen LogP contribution is -2.48. The first-order chi connectivity index (χ1) is 12.9. The Morgan fingerprint density at radius 2 is 1.56 bits per heavy atom. The van der Waals surface area contributed by atoms with Crippen molar-refractivity contribution in [1.82, 2.24) is 10.2 Å². The van der Waals surface area contributed by atoms with Crippen LogP contribution in [0.4, 0.5) is 0 Å². The van der Waals surface area contributed by atoms with Crippen molar-refractivity contribution in [3.05, 3.63) is 82.4 Å². The van der Waals surface area contributed by atoms with Crippen LogP contribution in [0, 0.1) is 0 Å². The molecule has 0 bridgehead atoms. The van der Waals surface area contributed by atoms with E-state index in [2.05, 4.69) is 11.9 Å². The molecule has 4 nitrogen and oxygen atoms in total. The van der Waals surface area contributed by atoms with Crippen molar-refractivity contribution >= 4 is 35.0 Å². The zero-order valence-electron chi connectivity index (χ0n) is 15.1. The van der Waals surface area contributed by atoms with E-state index >= 15 is 0 Å². The molecular formula is C21H22Cl2N2O2. The zero-order chi connectivity index (χ0) is 19.8. The van der Waals surface area contributed by atoms with Crippen molar-refractivity contribution in [2.75, 3.05) is 6.54 Å². The number of benzene rings is 2. The van der Waals surface area contributed by atoms with Gasteiger partial charge >= 0.3 is 0 Å². The fraction of sp³-hybridized carbons (Fsp3) is 0.238. The second-order valence-corrected chi connectivity index (χ2v) is 7.03. The van der Waals surface area contributed by atoms with Crippen molar-refractivity contribution in [1.29, 1.82) is 0 Å². The highest BCUT2D eigenvalue weighted by molar-refractivity contribution is 6.30. The summed E-state index contributed by atoms with van der Waals surface area (Å²) in [6.45, 7) is 5.97. The second kappa shape index (κ2) is 10.1. The molecule has 0 saturated carbocycles. The van der Waals surface area contributed by atoms with Gasteiger partial charge in [0.1, 0.15) is 6.04 Å². The van der Waals surface area contributed by atoms with Crippen LogP contribution in [0.3, 0.4) is 0 Å². The Labute approximate surface area is 169 Å². The number of halogens is 2. The maximum absolute atomic E-state index is 13.0. The Morgan fingerprint density at radius 1 is 1.04 bits per heavy atom. The highest BCUT2D eigenvalue weighted by atomic mass is 35.5. The van der Waals surface area contributed by atoms with Gasteiger partial charge in [0.2, 0.25) is 11.8 Å². The van der Waals surface area contributed by atoms with Crippen LogP contribution in [0.2, 0.25) is 10.0 Å². The van der Waals surface area contributed by atoms with Crippen molar-refractivity contribution in [2.45, 2.75) is 25.9 Å². The molecule has 0 saturated heterocycles. The maximum Gasteiger partial charge on any atom is 0.242 e. The summed E-state index contributed by atoms with van der Waals surface area (Å²) in [6, 6.07) is 13.7. The quantitative estimate of drug-likeness (QED) is 0.668. The Hall–Kier alpha value is -2.30. The first-order valence-corrected chi connectivity index (χ1v) is 9.33. The summed E-state index contributed by atoms with van der Waals surface area (Å²) in [7, 11) is 0. The van der Waals surface area contributed by atoms with Crippen molar-refractivity contribution in [3.8, 4) is 0 Å². The maximum atomic E-state index is 13.0. The van der Waals surface area contributed by atoms with E-state index in [1.54, 1.807) is 42.2 Å². The van der Waals surface area contributed by atoms with Gasteiger partial charge in [0, 0.05) is 23.1 Å². The van der Waals surface area contributed by atoms with E-state index in [9.17, 15) is 9.59 Å². The molecule has 0 fully saturated rings. The highest BCUT2D eigenvalue weighted by Gasteiger charge is 2.25. The minimum absolute atomic E-state index is 0.145. The average molecular weight is 405 g/mol. The van der Waals surface area contributed by atoms with E-state index in [4.69, 9.17) is 23.2 Å². The highest BCUT2D eigenvalue weighted by Crippen LogP contribution is 2.16. The number of hydrogen-bond donors (Lipinski definition) is 1. The lowest BCUT2D eigenvalue weighted by molar-refractivity contribution is -0.140. The number of carbonyl (C=O) groups is 2. The lowest BCUT2D eigenvalue weighted by atomic mass is 10.1. The molecule has 0 aliphatic heterocycles. The van der Waals surface area contributed by atoms with Gasteiger partial charge in [-0.15, -0.1) is 6.58 Å². The van der Waals surface area contributed by atoms with Crippen molar-refractivity contribution in [2.24, 2.45) is 0 Å². The predicted octanol–water partition coefficient (Wildman–Crippen LogP) is 4.26. The molecule has 1 N–H and O–H groups in total. The second-order valence-electron chi connectivity index (χ2n) is 6.16. The van der Waals surface area contributed by atoms with Crippen LogP contribution in [0.1, 0.15) is 18.1 Å². The van der Waals surface area contributed by atoms with Gasteiger partial charge in [0.25, 0.3) is 0 Å². The molecule has 0 spiro atoms. The molecule has 142 valence electrons. The molecule has 27 heavy (non-hydrogen) atoms. The van der Waals surface area contributed by atoms with Crippen molar-refractivity contribution in [3.63, 3.8) is 0 Å². The molecule has 0 heterocycles. The molecule has 6 heteroatoms. The molecule has 0 unspecified atom stereocenters. The van der Waals surface area contributed by atoms with Gasteiger partial charge in [-0.05, 0) is 42.3 Å². The summed E-state index contributed by atoms with van der Waals surface area (Å²) >= 11 is 11.8. The summed E-state index contributed by atoms with van der Waals surface area (Å²) in [5, 5.41) is 3.98. The lowest BCUT2D eigenvalue weighted by Gasteiger charge is -2.29. The molecule has 0 aromatic heterocycles. The number of carbonyl (C=O) groups excluding carboxylic acids is 2.